The quantitative estimate of drug-likeness (QED) is 0.823. The van der Waals surface area contributed by atoms with Gasteiger partial charge in [-0.05, 0) is 32.3 Å². The minimum absolute atomic E-state index is 0.412. The number of ether oxygens (including phenoxy) is 1. The van der Waals surface area contributed by atoms with Gasteiger partial charge in [0.15, 0.2) is 0 Å². The Bertz CT molecular complexity index is 331. The summed E-state index contributed by atoms with van der Waals surface area (Å²) < 4.78 is 7.70. The third-order valence-corrected chi connectivity index (χ3v) is 3.46. The number of nitrogens with one attached hydrogen (secondary N) is 1. The van der Waals surface area contributed by atoms with Crippen molar-refractivity contribution in [2.75, 3.05) is 13.2 Å². The van der Waals surface area contributed by atoms with E-state index in [0.29, 0.717) is 12.1 Å². The highest BCUT2D eigenvalue weighted by Gasteiger charge is 2.15. The van der Waals surface area contributed by atoms with Crippen LogP contribution < -0.4 is 5.32 Å². The zero-order chi connectivity index (χ0) is 12.1. The van der Waals surface area contributed by atoms with Crippen molar-refractivity contribution < 1.29 is 4.74 Å². The maximum atomic E-state index is 5.59. The first kappa shape index (κ1) is 12.6. The lowest BCUT2D eigenvalue weighted by molar-refractivity contribution is 0.109. The molecule has 0 bridgehead atoms. The summed E-state index contributed by atoms with van der Waals surface area (Å²) >= 11 is 0. The molecule has 2 heterocycles. The number of hydrogen-bond acceptors (Lipinski definition) is 3. The van der Waals surface area contributed by atoms with E-state index in [2.05, 4.69) is 35.0 Å². The van der Waals surface area contributed by atoms with Gasteiger partial charge in [-0.2, -0.15) is 5.10 Å². The Kier molecular flexibility index (Phi) is 4.57. The molecule has 0 aromatic carbocycles. The first-order chi connectivity index (χ1) is 8.31. The van der Waals surface area contributed by atoms with E-state index in [4.69, 9.17) is 4.74 Å². The van der Waals surface area contributed by atoms with Gasteiger partial charge in [0.2, 0.25) is 0 Å². The van der Waals surface area contributed by atoms with E-state index in [1.807, 2.05) is 6.20 Å². The van der Waals surface area contributed by atoms with Gasteiger partial charge < -0.3 is 10.1 Å². The molecule has 17 heavy (non-hydrogen) atoms. The number of rotatable bonds is 6. The van der Waals surface area contributed by atoms with Crippen molar-refractivity contribution in [3.8, 4) is 0 Å². The van der Waals surface area contributed by atoms with E-state index in [9.17, 15) is 0 Å². The van der Waals surface area contributed by atoms with Gasteiger partial charge in [-0.15, -0.1) is 0 Å². The molecule has 2 atom stereocenters. The van der Waals surface area contributed by atoms with Gasteiger partial charge in [0.1, 0.15) is 0 Å². The molecule has 1 aromatic rings. The lowest BCUT2D eigenvalue weighted by atomic mass is 10.2. The van der Waals surface area contributed by atoms with Crippen LogP contribution in [0.2, 0.25) is 0 Å². The molecule has 0 spiro atoms. The second kappa shape index (κ2) is 6.17. The van der Waals surface area contributed by atoms with E-state index >= 15 is 0 Å². The summed E-state index contributed by atoms with van der Waals surface area (Å²) in [5.41, 5.74) is 1.26. The largest absolute Gasteiger partial charge is 0.377 e. The van der Waals surface area contributed by atoms with E-state index in [-0.39, 0.29) is 0 Å². The molecule has 1 saturated heterocycles. The third kappa shape index (κ3) is 3.30. The maximum Gasteiger partial charge on any atom is 0.0700 e. The standard InChI is InChI=1S/C13H23N3O/c1-3-11(2)16-12(6-7-15-16)9-14-10-13-5-4-8-17-13/h6-7,11,13-14H,3-5,8-10H2,1-2H3. The van der Waals surface area contributed by atoms with Crippen molar-refractivity contribution in [2.45, 2.75) is 51.8 Å². The van der Waals surface area contributed by atoms with Gasteiger partial charge in [0, 0.05) is 31.9 Å². The number of aromatic nitrogens is 2. The van der Waals surface area contributed by atoms with Crippen molar-refractivity contribution in [3.63, 3.8) is 0 Å². The topological polar surface area (TPSA) is 39.1 Å². The van der Waals surface area contributed by atoms with Crippen molar-refractivity contribution in [2.24, 2.45) is 0 Å². The minimum atomic E-state index is 0.412. The highest BCUT2D eigenvalue weighted by molar-refractivity contribution is 5.01. The number of nitrogens with zero attached hydrogens (tertiary/aromatic N) is 2. The maximum absolute atomic E-state index is 5.59. The van der Waals surface area contributed by atoms with Crippen LogP contribution in [0, 0.1) is 0 Å². The van der Waals surface area contributed by atoms with Gasteiger partial charge in [-0.3, -0.25) is 4.68 Å². The second-order valence-electron chi connectivity index (χ2n) is 4.79. The summed E-state index contributed by atoms with van der Waals surface area (Å²) in [6.45, 7) is 7.15. The van der Waals surface area contributed by atoms with Crippen molar-refractivity contribution >= 4 is 0 Å². The summed E-state index contributed by atoms with van der Waals surface area (Å²) in [7, 11) is 0. The van der Waals surface area contributed by atoms with Crippen LogP contribution >= 0.6 is 0 Å². The molecule has 96 valence electrons. The summed E-state index contributed by atoms with van der Waals surface area (Å²) in [6.07, 6.45) is 5.81. The second-order valence-corrected chi connectivity index (χ2v) is 4.79. The normalized spacial score (nSPS) is 21.9. The lowest BCUT2D eigenvalue weighted by Crippen LogP contribution is -2.27. The molecule has 1 fully saturated rings. The fourth-order valence-corrected chi connectivity index (χ4v) is 2.22. The average Bonchev–Trinajstić information content (AvgIpc) is 2.99. The van der Waals surface area contributed by atoms with Crippen molar-refractivity contribution in [3.05, 3.63) is 18.0 Å². The molecule has 0 amide bonds. The molecule has 4 nitrogen and oxygen atoms in total. The zero-order valence-electron chi connectivity index (χ0n) is 10.9. The lowest BCUT2D eigenvalue weighted by Gasteiger charge is -2.15. The fourth-order valence-electron chi connectivity index (χ4n) is 2.22. The summed E-state index contributed by atoms with van der Waals surface area (Å²) in [5.74, 6) is 0. The van der Waals surface area contributed by atoms with Gasteiger partial charge >= 0.3 is 0 Å². The van der Waals surface area contributed by atoms with Crippen LogP contribution in [0.25, 0.3) is 0 Å². The average molecular weight is 237 g/mol. The molecule has 1 N–H and O–H groups in total. The zero-order valence-corrected chi connectivity index (χ0v) is 10.9. The smallest absolute Gasteiger partial charge is 0.0700 e. The third-order valence-electron chi connectivity index (χ3n) is 3.46. The SMILES string of the molecule is CCC(C)n1nccc1CNCC1CCCO1. The minimum Gasteiger partial charge on any atom is -0.377 e. The molecule has 2 rings (SSSR count). The Balaban J connectivity index is 1.79. The van der Waals surface area contributed by atoms with Gasteiger partial charge in [-0.25, -0.2) is 0 Å². The monoisotopic (exact) mass is 237 g/mol. The molecule has 1 aliphatic heterocycles. The van der Waals surface area contributed by atoms with E-state index in [1.165, 1.54) is 18.5 Å². The molecule has 2 unspecified atom stereocenters. The fraction of sp³-hybridized carbons (Fsp3) is 0.769. The molecular weight excluding hydrogens is 214 g/mol. The molecule has 4 heteroatoms. The van der Waals surface area contributed by atoms with Crippen molar-refractivity contribution in [1.29, 1.82) is 0 Å². The molecule has 1 aromatic heterocycles. The molecule has 0 radical (unpaired) electrons. The Morgan fingerprint density at radius 2 is 2.53 bits per heavy atom. The van der Waals surface area contributed by atoms with Crippen LogP contribution in [0.5, 0.6) is 0 Å². The van der Waals surface area contributed by atoms with E-state index < -0.39 is 0 Å². The summed E-state index contributed by atoms with van der Waals surface area (Å²) in [6, 6.07) is 2.57. The Morgan fingerprint density at radius 1 is 1.65 bits per heavy atom. The molecule has 1 aliphatic rings. The van der Waals surface area contributed by atoms with Crippen LogP contribution in [0.4, 0.5) is 0 Å². The summed E-state index contributed by atoms with van der Waals surface area (Å²) in [5, 5.41) is 7.85. The van der Waals surface area contributed by atoms with Gasteiger partial charge in [0.25, 0.3) is 0 Å². The van der Waals surface area contributed by atoms with E-state index in [0.717, 1.165) is 26.1 Å². The van der Waals surface area contributed by atoms with Gasteiger partial charge in [0.05, 0.1) is 11.8 Å². The first-order valence-corrected chi connectivity index (χ1v) is 6.66. The highest BCUT2D eigenvalue weighted by atomic mass is 16.5. The van der Waals surface area contributed by atoms with Crippen LogP contribution in [0.1, 0.15) is 44.8 Å². The highest BCUT2D eigenvalue weighted by Crippen LogP contribution is 2.13. The Hall–Kier alpha value is -0.870. The molecule has 0 saturated carbocycles. The first-order valence-electron chi connectivity index (χ1n) is 6.66. The van der Waals surface area contributed by atoms with Crippen LogP contribution in [0.15, 0.2) is 12.3 Å². The van der Waals surface area contributed by atoms with E-state index in [1.54, 1.807) is 0 Å². The predicted molar refractivity (Wildman–Crippen MR) is 67.9 cm³/mol. The Labute approximate surface area is 103 Å². The molecular formula is C13H23N3O. The van der Waals surface area contributed by atoms with Crippen LogP contribution in [-0.2, 0) is 11.3 Å². The number of hydrogen-bond donors (Lipinski definition) is 1. The Morgan fingerprint density at radius 3 is 3.24 bits per heavy atom. The van der Waals surface area contributed by atoms with Crippen LogP contribution in [-0.4, -0.2) is 29.0 Å². The summed E-state index contributed by atoms with van der Waals surface area (Å²) in [4.78, 5) is 0. The predicted octanol–water partition coefficient (Wildman–Crippen LogP) is 2.12. The van der Waals surface area contributed by atoms with Crippen LogP contribution in [0.3, 0.4) is 0 Å². The molecule has 0 aliphatic carbocycles. The van der Waals surface area contributed by atoms with Crippen molar-refractivity contribution in [1.82, 2.24) is 15.1 Å². The van der Waals surface area contributed by atoms with Gasteiger partial charge in [-0.1, -0.05) is 6.92 Å².